The van der Waals surface area contributed by atoms with E-state index in [4.69, 9.17) is 10.4 Å². The minimum Gasteiger partial charge on any atom is -0.480 e. The molecule has 0 aliphatic rings. The van der Waals surface area contributed by atoms with Gasteiger partial charge in [0.25, 0.3) is 0 Å². The van der Waals surface area contributed by atoms with Crippen molar-refractivity contribution >= 4 is 24.1 Å². The monoisotopic (exact) mass is 188 g/mol. The van der Waals surface area contributed by atoms with Gasteiger partial charge in [-0.3, -0.25) is 4.79 Å². The number of carboxylic acid groups (broad SMARTS) is 1. The fraction of sp³-hybridized carbons (Fsp3) is 0.500. The number of thioether (sulfide) groups is 1. The summed E-state index contributed by atoms with van der Waals surface area (Å²) in [5, 5.41) is 18.8. The molecule has 1 atom stereocenters. The molecule has 0 radical (unpaired) electrons. The Labute approximate surface area is 73.7 Å². The Morgan fingerprint density at radius 1 is 1.83 bits per heavy atom. The van der Waals surface area contributed by atoms with Crippen LogP contribution in [0.5, 0.6) is 0 Å². The molecule has 0 saturated carbocycles. The van der Waals surface area contributed by atoms with Crippen LogP contribution >= 0.6 is 11.8 Å². The van der Waals surface area contributed by atoms with Crippen molar-refractivity contribution in [3.05, 3.63) is 0 Å². The van der Waals surface area contributed by atoms with Crippen LogP contribution in [0.2, 0.25) is 0 Å². The first-order valence-corrected chi connectivity index (χ1v) is 4.25. The van der Waals surface area contributed by atoms with Gasteiger partial charge in [-0.15, -0.1) is 11.8 Å². The molecule has 0 aliphatic carbocycles. The number of carboxylic acids is 1. The predicted octanol–water partition coefficient (Wildman–Crippen LogP) is -0.558. The van der Waals surface area contributed by atoms with Gasteiger partial charge in [-0.25, -0.2) is 4.79 Å². The maximum absolute atomic E-state index is 10.4. The van der Waals surface area contributed by atoms with Crippen molar-refractivity contribution in [3.8, 4) is 6.07 Å². The lowest BCUT2D eigenvalue weighted by atomic mass is 10.3. The summed E-state index contributed by atoms with van der Waals surface area (Å²) in [6.45, 7) is 0. The van der Waals surface area contributed by atoms with E-state index in [1.807, 2.05) is 6.07 Å². The Bertz CT molecular complexity index is 201. The van der Waals surface area contributed by atoms with Gasteiger partial charge < -0.3 is 10.4 Å². The fourth-order valence-electron chi connectivity index (χ4n) is 0.495. The summed E-state index contributed by atoms with van der Waals surface area (Å²) in [6.07, 6.45) is 0.339. The van der Waals surface area contributed by atoms with Crippen LogP contribution < -0.4 is 5.32 Å². The Kier molecular flexibility index (Phi) is 5.83. The number of carbonyl (C=O) groups excluding carboxylic acids is 1. The highest BCUT2D eigenvalue weighted by molar-refractivity contribution is 7.99. The van der Waals surface area contributed by atoms with E-state index in [0.29, 0.717) is 6.41 Å². The van der Waals surface area contributed by atoms with E-state index in [0.717, 1.165) is 0 Å². The van der Waals surface area contributed by atoms with Crippen molar-refractivity contribution < 1.29 is 14.7 Å². The molecule has 5 nitrogen and oxygen atoms in total. The van der Waals surface area contributed by atoms with Crippen LogP contribution in [0.3, 0.4) is 0 Å². The summed E-state index contributed by atoms with van der Waals surface area (Å²) in [5.41, 5.74) is 0. The zero-order valence-electron chi connectivity index (χ0n) is 6.19. The second-order valence-corrected chi connectivity index (χ2v) is 2.88. The second-order valence-electron chi connectivity index (χ2n) is 1.85. The highest BCUT2D eigenvalue weighted by Crippen LogP contribution is 2.01. The van der Waals surface area contributed by atoms with Crippen LogP contribution in [0.25, 0.3) is 0 Å². The normalized spacial score (nSPS) is 11.2. The first kappa shape index (κ1) is 10.8. The third-order valence-electron chi connectivity index (χ3n) is 1.02. The molecular formula is C6H8N2O3S. The largest absolute Gasteiger partial charge is 0.480 e. The van der Waals surface area contributed by atoms with Crippen LogP contribution in [0.15, 0.2) is 0 Å². The molecule has 0 aliphatic heterocycles. The van der Waals surface area contributed by atoms with Gasteiger partial charge in [0.1, 0.15) is 6.04 Å². The molecule has 6 heteroatoms. The standard InChI is InChI=1S/C6H8N2O3S/c7-1-2-12-3-5(6(10)11)8-4-9/h4-5H,2-3H2,(H,8,9)(H,10,11). The van der Waals surface area contributed by atoms with E-state index < -0.39 is 12.0 Å². The minimum atomic E-state index is -1.09. The van der Waals surface area contributed by atoms with Crippen LogP contribution in [0.4, 0.5) is 0 Å². The smallest absolute Gasteiger partial charge is 0.327 e. The molecule has 1 unspecified atom stereocenters. The Morgan fingerprint density at radius 2 is 2.50 bits per heavy atom. The highest BCUT2D eigenvalue weighted by Gasteiger charge is 2.15. The van der Waals surface area contributed by atoms with Gasteiger partial charge >= 0.3 is 5.97 Å². The number of nitriles is 1. The van der Waals surface area contributed by atoms with Crippen molar-refractivity contribution in [2.75, 3.05) is 11.5 Å². The molecule has 66 valence electrons. The summed E-state index contributed by atoms with van der Waals surface area (Å²) < 4.78 is 0. The third kappa shape index (κ3) is 4.57. The lowest BCUT2D eigenvalue weighted by Crippen LogP contribution is -2.37. The van der Waals surface area contributed by atoms with Crippen molar-refractivity contribution in [3.63, 3.8) is 0 Å². The van der Waals surface area contributed by atoms with E-state index in [1.165, 1.54) is 11.8 Å². The van der Waals surface area contributed by atoms with Crippen molar-refractivity contribution in [1.82, 2.24) is 5.32 Å². The Balaban J connectivity index is 3.72. The lowest BCUT2D eigenvalue weighted by molar-refractivity contribution is -0.139. The van der Waals surface area contributed by atoms with Gasteiger partial charge in [0.05, 0.1) is 11.8 Å². The summed E-state index contributed by atoms with van der Waals surface area (Å²) in [4.78, 5) is 20.3. The molecule has 0 spiro atoms. The molecule has 0 fully saturated rings. The molecule has 0 heterocycles. The number of nitrogens with one attached hydrogen (secondary N) is 1. The second kappa shape index (κ2) is 6.49. The van der Waals surface area contributed by atoms with Crippen molar-refractivity contribution in [2.24, 2.45) is 0 Å². The van der Waals surface area contributed by atoms with E-state index in [9.17, 15) is 9.59 Å². The molecule has 2 N–H and O–H groups in total. The average molecular weight is 188 g/mol. The summed E-state index contributed by atoms with van der Waals surface area (Å²) in [7, 11) is 0. The molecule has 0 saturated heterocycles. The molecular weight excluding hydrogens is 180 g/mol. The molecule has 0 bridgehead atoms. The van der Waals surface area contributed by atoms with Gasteiger partial charge in [-0.1, -0.05) is 0 Å². The molecule has 1 amide bonds. The zero-order chi connectivity index (χ0) is 9.40. The lowest BCUT2D eigenvalue weighted by Gasteiger charge is -2.08. The Morgan fingerprint density at radius 3 is 2.92 bits per heavy atom. The number of aliphatic carboxylic acids is 1. The van der Waals surface area contributed by atoms with Gasteiger partial charge in [-0.05, 0) is 0 Å². The van der Waals surface area contributed by atoms with Gasteiger partial charge in [0.15, 0.2) is 0 Å². The first-order chi connectivity index (χ1) is 5.72. The molecule has 0 aromatic rings. The van der Waals surface area contributed by atoms with E-state index in [2.05, 4.69) is 5.32 Å². The maximum Gasteiger partial charge on any atom is 0.327 e. The number of nitrogens with zero attached hydrogens (tertiary/aromatic N) is 1. The third-order valence-corrected chi connectivity index (χ3v) is 1.92. The van der Waals surface area contributed by atoms with Crippen LogP contribution in [-0.2, 0) is 9.59 Å². The molecule has 0 aromatic heterocycles. The molecule has 0 rings (SSSR count). The van der Waals surface area contributed by atoms with E-state index >= 15 is 0 Å². The predicted molar refractivity (Wildman–Crippen MR) is 43.6 cm³/mol. The molecule has 12 heavy (non-hydrogen) atoms. The summed E-state index contributed by atoms with van der Waals surface area (Å²) in [5.74, 6) is -0.654. The quantitative estimate of drug-likeness (QED) is 0.431. The van der Waals surface area contributed by atoms with E-state index in [-0.39, 0.29) is 11.5 Å². The number of rotatable bonds is 6. The number of hydrogen-bond donors (Lipinski definition) is 2. The van der Waals surface area contributed by atoms with Crippen molar-refractivity contribution in [1.29, 1.82) is 5.26 Å². The van der Waals surface area contributed by atoms with Crippen LogP contribution in [-0.4, -0.2) is 35.0 Å². The van der Waals surface area contributed by atoms with Crippen LogP contribution in [0.1, 0.15) is 0 Å². The fourth-order valence-corrected chi connectivity index (χ4v) is 1.18. The van der Waals surface area contributed by atoms with Gasteiger partial charge in [-0.2, -0.15) is 5.26 Å². The minimum absolute atomic E-state index is 0.210. The summed E-state index contributed by atoms with van der Waals surface area (Å²) in [6, 6.07) is 0.956. The molecule has 0 aromatic carbocycles. The van der Waals surface area contributed by atoms with E-state index in [1.54, 1.807) is 0 Å². The first-order valence-electron chi connectivity index (χ1n) is 3.09. The van der Waals surface area contributed by atoms with Crippen LogP contribution in [0, 0.1) is 11.3 Å². The maximum atomic E-state index is 10.4. The average Bonchev–Trinajstić information content (AvgIpc) is 2.03. The number of amides is 1. The highest BCUT2D eigenvalue weighted by atomic mass is 32.2. The SMILES string of the molecule is N#CCSCC(NC=O)C(=O)O. The topological polar surface area (TPSA) is 90.2 Å². The number of carbonyl (C=O) groups is 2. The Hall–Kier alpha value is -1.22. The van der Waals surface area contributed by atoms with Gasteiger partial charge in [0, 0.05) is 5.75 Å². The summed E-state index contributed by atoms with van der Waals surface area (Å²) >= 11 is 1.17. The van der Waals surface area contributed by atoms with Crippen molar-refractivity contribution in [2.45, 2.75) is 6.04 Å². The number of hydrogen-bond acceptors (Lipinski definition) is 4. The van der Waals surface area contributed by atoms with Gasteiger partial charge in [0.2, 0.25) is 6.41 Å². The zero-order valence-corrected chi connectivity index (χ0v) is 7.00.